The summed E-state index contributed by atoms with van der Waals surface area (Å²) in [4.78, 5) is 21.2. The fourth-order valence-corrected chi connectivity index (χ4v) is 1.99. The Labute approximate surface area is 91.2 Å². The summed E-state index contributed by atoms with van der Waals surface area (Å²) in [6, 6.07) is 1.86. The standard InChI is InChI=1S/C10H12O4S/c11-9(12)2-1-8(10(13)14)5-7-3-4-15-6-7/h3-4,6,8H,1-2,5H2,(H,11,12)(H,13,14). The van der Waals surface area contributed by atoms with Gasteiger partial charge in [-0.05, 0) is 35.2 Å². The molecule has 1 unspecified atom stereocenters. The van der Waals surface area contributed by atoms with E-state index in [2.05, 4.69) is 0 Å². The summed E-state index contributed by atoms with van der Waals surface area (Å²) in [7, 11) is 0. The summed E-state index contributed by atoms with van der Waals surface area (Å²) in [5, 5.41) is 21.1. The van der Waals surface area contributed by atoms with Gasteiger partial charge in [0.15, 0.2) is 0 Å². The van der Waals surface area contributed by atoms with Crippen molar-refractivity contribution < 1.29 is 19.8 Å². The first kappa shape index (κ1) is 11.7. The van der Waals surface area contributed by atoms with Crippen molar-refractivity contribution in [3.8, 4) is 0 Å². The van der Waals surface area contributed by atoms with Crippen LogP contribution in [0.15, 0.2) is 16.8 Å². The second-order valence-corrected chi connectivity index (χ2v) is 4.08. The van der Waals surface area contributed by atoms with Crippen LogP contribution in [0.25, 0.3) is 0 Å². The summed E-state index contributed by atoms with van der Waals surface area (Å²) >= 11 is 1.51. The van der Waals surface area contributed by atoms with E-state index >= 15 is 0 Å². The van der Waals surface area contributed by atoms with Gasteiger partial charge in [-0.3, -0.25) is 9.59 Å². The van der Waals surface area contributed by atoms with Crippen molar-refractivity contribution >= 4 is 23.3 Å². The van der Waals surface area contributed by atoms with Gasteiger partial charge in [0.25, 0.3) is 0 Å². The van der Waals surface area contributed by atoms with Crippen LogP contribution in [0.4, 0.5) is 0 Å². The highest BCUT2D eigenvalue weighted by atomic mass is 32.1. The highest BCUT2D eigenvalue weighted by molar-refractivity contribution is 7.07. The summed E-state index contributed by atoms with van der Waals surface area (Å²) in [6.07, 6.45) is 0.494. The normalized spacial score (nSPS) is 12.3. The van der Waals surface area contributed by atoms with E-state index in [1.54, 1.807) is 0 Å². The van der Waals surface area contributed by atoms with E-state index in [-0.39, 0.29) is 12.8 Å². The molecular weight excluding hydrogens is 216 g/mol. The van der Waals surface area contributed by atoms with Gasteiger partial charge in [-0.1, -0.05) is 0 Å². The third-order valence-corrected chi connectivity index (χ3v) is 2.85. The first-order chi connectivity index (χ1) is 7.09. The number of carboxylic acid groups (broad SMARTS) is 2. The van der Waals surface area contributed by atoms with Gasteiger partial charge in [-0.25, -0.2) is 0 Å². The summed E-state index contributed by atoms with van der Waals surface area (Å²) < 4.78 is 0. The minimum absolute atomic E-state index is 0.0961. The largest absolute Gasteiger partial charge is 0.481 e. The number of aliphatic carboxylic acids is 2. The van der Waals surface area contributed by atoms with E-state index < -0.39 is 17.9 Å². The molecule has 5 heteroatoms. The maximum absolute atomic E-state index is 10.8. The van der Waals surface area contributed by atoms with Crippen molar-refractivity contribution in [2.75, 3.05) is 0 Å². The maximum Gasteiger partial charge on any atom is 0.306 e. The second kappa shape index (κ2) is 5.50. The summed E-state index contributed by atoms with van der Waals surface area (Å²) in [5.41, 5.74) is 0.956. The molecule has 0 aliphatic heterocycles. The van der Waals surface area contributed by atoms with E-state index in [0.717, 1.165) is 5.56 Å². The third kappa shape index (κ3) is 4.12. The monoisotopic (exact) mass is 228 g/mol. The Bertz CT molecular complexity index is 331. The van der Waals surface area contributed by atoms with E-state index in [4.69, 9.17) is 10.2 Å². The Hall–Kier alpha value is -1.36. The Kier molecular flexibility index (Phi) is 4.30. The maximum atomic E-state index is 10.8. The number of rotatable bonds is 6. The molecule has 0 spiro atoms. The molecule has 0 aromatic carbocycles. The molecule has 15 heavy (non-hydrogen) atoms. The molecule has 0 bridgehead atoms. The average Bonchev–Trinajstić information content (AvgIpc) is 2.63. The zero-order valence-electron chi connectivity index (χ0n) is 8.05. The van der Waals surface area contributed by atoms with Crippen molar-refractivity contribution in [3.63, 3.8) is 0 Å². The first-order valence-corrected chi connectivity index (χ1v) is 5.49. The van der Waals surface area contributed by atoms with Crippen molar-refractivity contribution in [2.45, 2.75) is 19.3 Å². The number of hydrogen-bond donors (Lipinski definition) is 2. The summed E-state index contributed by atoms with van der Waals surface area (Å²) in [6.45, 7) is 0. The van der Waals surface area contributed by atoms with Crippen LogP contribution in [-0.4, -0.2) is 22.2 Å². The van der Waals surface area contributed by atoms with Gasteiger partial charge in [0, 0.05) is 6.42 Å². The van der Waals surface area contributed by atoms with E-state index in [9.17, 15) is 9.59 Å². The molecular formula is C10H12O4S. The van der Waals surface area contributed by atoms with Gasteiger partial charge in [0.1, 0.15) is 0 Å². The first-order valence-electron chi connectivity index (χ1n) is 4.55. The molecule has 1 atom stereocenters. The lowest BCUT2D eigenvalue weighted by Gasteiger charge is -2.09. The topological polar surface area (TPSA) is 74.6 Å². The molecule has 2 N–H and O–H groups in total. The second-order valence-electron chi connectivity index (χ2n) is 3.30. The quantitative estimate of drug-likeness (QED) is 0.779. The molecule has 0 radical (unpaired) electrons. The van der Waals surface area contributed by atoms with Crippen LogP contribution in [0, 0.1) is 5.92 Å². The highest BCUT2D eigenvalue weighted by Gasteiger charge is 2.19. The van der Waals surface area contributed by atoms with Crippen LogP contribution in [0.3, 0.4) is 0 Å². The van der Waals surface area contributed by atoms with Gasteiger partial charge < -0.3 is 10.2 Å². The van der Waals surface area contributed by atoms with Gasteiger partial charge >= 0.3 is 11.9 Å². The summed E-state index contributed by atoms with van der Waals surface area (Å²) in [5.74, 6) is -2.48. The molecule has 0 fully saturated rings. The molecule has 0 saturated carbocycles. The lowest BCUT2D eigenvalue weighted by molar-refractivity contribution is -0.142. The van der Waals surface area contributed by atoms with Gasteiger partial charge in [0.2, 0.25) is 0 Å². The van der Waals surface area contributed by atoms with Crippen LogP contribution >= 0.6 is 11.3 Å². The molecule has 0 amide bonds. The molecule has 1 aromatic rings. The fraction of sp³-hybridized carbons (Fsp3) is 0.400. The van der Waals surface area contributed by atoms with Crippen molar-refractivity contribution in [1.82, 2.24) is 0 Å². The smallest absolute Gasteiger partial charge is 0.306 e. The number of hydrogen-bond acceptors (Lipinski definition) is 3. The molecule has 0 aliphatic carbocycles. The van der Waals surface area contributed by atoms with Crippen LogP contribution < -0.4 is 0 Å². The molecule has 0 saturated heterocycles. The predicted molar refractivity (Wildman–Crippen MR) is 56.0 cm³/mol. The number of carbonyl (C=O) groups is 2. The minimum Gasteiger partial charge on any atom is -0.481 e. The van der Waals surface area contributed by atoms with Gasteiger partial charge in [-0.2, -0.15) is 11.3 Å². The van der Waals surface area contributed by atoms with Crippen LogP contribution in [0.5, 0.6) is 0 Å². The van der Waals surface area contributed by atoms with Crippen molar-refractivity contribution in [3.05, 3.63) is 22.4 Å². The highest BCUT2D eigenvalue weighted by Crippen LogP contribution is 2.16. The Morgan fingerprint density at radius 1 is 1.40 bits per heavy atom. The molecule has 4 nitrogen and oxygen atoms in total. The zero-order valence-corrected chi connectivity index (χ0v) is 8.87. The molecule has 0 aliphatic rings. The third-order valence-electron chi connectivity index (χ3n) is 2.12. The lowest BCUT2D eigenvalue weighted by Crippen LogP contribution is -2.17. The Morgan fingerprint density at radius 2 is 2.13 bits per heavy atom. The van der Waals surface area contributed by atoms with Gasteiger partial charge in [-0.15, -0.1) is 0 Å². The zero-order chi connectivity index (χ0) is 11.3. The van der Waals surface area contributed by atoms with Crippen LogP contribution in [0.1, 0.15) is 18.4 Å². The van der Waals surface area contributed by atoms with Crippen LogP contribution in [0.2, 0.25) is 0 Å². The Morgan fingerprint density at radius 3 is 2.60 bits per heavy atom. The molecule has 1 rings (SSSR count). The SMILES string of the molecule is O=C(O)CCC(Cc1ccsc1)C(=O)O. The fourth-order valence-electron chi connectivity index (χ4n) is 1.30. The average molecular weight is 228 g/mol. The molecule has 82 valence electrons. The van der Waals surface area contributed by atoms with Crippen molar-refractivity contribution in [2.24, 2.45) is 5.92 Å². The van der Waals surface area contributed by atoms with E-state index in [1.165, 1.54) is 11.3 Å². The molecule has 1 heterocycles. The Balaban J connectivity index is 2.51. The van der Waals surface area contributed by atoms with E-state index in [1.807, 2.05) is 16.8 Å². The molecule has 1 aromatic heterocycles. The lowest BCUT2D eigenvalue weighted by atomic mass is 9.96. The van der Waals surface area contributed by atoms with Crippen LogP contribution in [-0.2, 0) is 16.0 Å². The van der Waals surface area contributed by atoms with E-state index in [0.29, 0.717) is 6.42 Å². The number of thiophene rings is 1. The van der Waals surface area contributed by atoms with Gasteiger partial charge in [0.05, 0.1) is 5.92 Å². The van der Waals surface area contributed by atoms with Crippen molar-refractivity contribution in [1.29, 1.82) is 0 Å². The number of carboxylic acids is 2. The predicted octanol–water partition coefficient (Wildman–Crippen LogP) is 1.86. The minimum atomic E-state index is -0.952.